The van der Waals surface area contributed by atoms with E-state index in [-0.39, 0.29) is 12.3 Å². The van der Waals surface area contributed by atoms with Crippen LogP contribution in [0, 0.1) is 16.0 Å². The van der Waals surface area contributed by atoms with Crippen LogP contribution in [0.1, 0.15) is 18.5 Å². The number of aliphatic imine (C=N–C) groups is 1. The van der Waals surface area contributed by atoms with Crippen molar-refractivity contribution in [1.29, 1.82) is 0 Å². The number of hydrogen-bond acceptors (Lipinski definition) is 10. The Labute approximate surface area is 189 Å². The van der Waals surface area contributed by atoms with Crippen molar-refractivity contribution in [3.05, 3.63) is 58.4 Å². The largest absolute Gasteiger partial charge is 0.465 e. The zero-order valence-corrected chi connectivity index (χ0v) is 18.0. The summed E-state index contributed by atoms with van der Waals surface area (Å²) in [4.78, 5) is 53.2. The van der Waals surface area contributed by atoms with Crippen LogP contribution in [-0.2, 0) is 14.3 Å². The van der Waals surface area contributed by atoms with Crippen molar-refractivity contribution in [2.24, 2.45) is 10.9 Å². The number of anilines is 1. The van der Waals surface area contributed by atoms with Crippen LogP contribution in [0.3, 0.4) is 0 Å². The summed E-state index contributed by atoms with van der Waals surface area (Å²) in [7, 11) is 0. The molecule has 3 heterocycles. The standard InChI is InChI=1S/C21H23N7O5/c1-2-33-19(30)16-17(14-4-6-15(7-5-14)28(31)32)24-21(25-18(16)29)27-12-10-26(11-13-27)20-22-8-3-9-23-20/h3-9,16-17H,2,10-13H2,1H3,(H,24,25,29)/t16-,17+/m1/s1. The molecule has 12 heteroatoms. The summed E-state index contributed by atoms with van der Waals surface area (Å²) in [6.45, 7) is 4.16. The highest BCUT2D eigenvalue weighted by Crippen LogP contribution is 2.32. The van der Waals surface area contributed by atoms with Crippen LogP contribution >= 0.6 is 0 Å². The monoisotopic (exact) mass is 453 g/mol. The number of nitro groups is 1. The van der Waals surface area contributed by atoms with Crippen LogP contribution in [0.2, 0.25) is 0 Å². The third-order valence-corrected chi connectivity index (χ3v) is 5.49. The molecule has 1 fully saturated rings. The Hall–Kier alpha value is -4.09. The SMILES string of the molecule is CCOC(=O)[C@H]1C(=O)NC(N2CCN(c3ncccn3)CC2)=N[C@H]1c1ccc([N+](=O)[O-])cc1. The lowest BCUT2D eigenvalue weighted by Gasteiger charge is -2.38. The fourth-order valence-electron chi connectivity index (χ4n) is 3.83. The Morgan fingerprint density at radius 1 is 1.15 bits per heavy atom. The highest BCUT2D eigenvalue weighted by molar-refractivity contribution is 6.08. The zero-order chi connectivity index (χ0) is 23.4. The first-order chi connectivity index (χ1) is 16.0. The van der Waals surface area contributed by atoms with Gasteiger partial charge in [0.25, 0.3) is 5.69 Å². The molecule has 0 saturated carbocycles. The number of amides is 1. The number of esters is 1. The highest BCUT2D eigenvalue weighted by Gasteiger charge is 2.42. The topological polar surface area (TPSA) is 143 Å². The lowest BCUT2D eigenvalue weighted by Crippen LogP contribution is -2.57. The predicted octanol–water partition coefficient (Wildman–Crippen LogP) is 0.913. The van der Waals surface area contributed by atoms with E-state index in [0.29, 0.717) is 43.7 Å². The maximum Gasteiger partial charge on any atom is 0.321 e. The van der Waals surface area contributed by atoms with Gasteiger partial charge in [-0.15, -0.1) is 0 Å². The number of guanidine groups is 1. The Morgan fingerprint density at radius 3 is 2.39 bits per heavy atom. The number of hydrogen-bond donors (Lipinski definition) is 1. The van der Waals surface area contributed by atoms with Crippen LogP contribution in [0.25, 0.3) is 0 Å². The summed E-state index contributed by atoms with van der Waals surface area (Å²) in [6, 6.07) is 6.59. The quantitative estimate of drug-likeness (QED) is 0.302. The van der Waals surface area contributed by atoms with Gasteiger partial charge in [-0.3, -0.25) is 25.0 Å². The lowest BCUT2D eigenvalue weighted by atomic mass is 9.91. The van der Waals surface area contributed by atoms with Crippen molar-refractivity contribution in [3.63, 3.8) is 0 Å². The normalized spacial score (nSPS) is 20.6. The van der Waals surface area contributed by atoms with Gasteiger partial charge >= 0.3 is 5.97 Å². The number of nitrogens with one attached hydrogen (secondary N) is 1. The second kappa shape index (κ2) is 9.59. The first kappa shape index (κ1) is 22.1. The molecule has 2 aromatic rings. The third-order valence-electron chi connectivity index (χ3n) is 5.49. The van der Waals surface area contributed by atoms with E-state index in [0.717, 1.165) is 0 Å². The van der Waals surface area contributed by atoms with E-state index in [1.807, 2.05) is 9.80 Å². The molecule has 2 atom stereocenters. The van der Waals surface area contributed by atoms with Crippen LogP contribution in [0.4, 0.5) is 11.6 Å². The fourth-order valence-corrected chi connectivity index (χ4v) is 3.83. The molecular formula is C21H23N7O5. The van der Waals surface area contributed by atoms with Gasteiger partial charge < -0.3 is 14.5 Å². The maximum absolute atomic E-state index is 13.0. The van der Waals surface area contributed by atoms with Gasteiger partial charge in [-0.2, -0.15) is 0 Å². The van der Waals surface area contributed by atoms with Crippen molar-refractivity contribution in [3.8, 4) is 0 Å². The van der Waals surface area contributed by atoms with E-state index < -0.39 is 28.8 Å². The number of aromatic nitrogens is 2. The van der Waals surface area contributed by atoms with Gasteiger partial charge in [0.1, 0.15) is 6.04 Å². The number of nitro benzene ring substituents is 1. The van der Waals surface area contributed by atoms with Crippen LogP contribution in [0.5, 0.6) is 0 Å². The third kappa shape index (κ3) is 4.73. The van der Waals surface area contributed by atoms with E-state index in [1.54, 1.807) is 25.4 Å². The van der Waals surface area contributed by atoms with Crippen molar-refractivity contribution in [1.82, 2.24) is 20.2 Å². The predicted molar refractivity (Wildman–Crippen MR) is 117 cm³/mol. The van der Waals surface area contributed by atoms with Crippen molar-refractivity contribution in [2.75, 3.05) is 37.7 Å². The Kier molecular flexibility index (Phi) is 6.43. The van der Waals surface area contributed by atoms with Crippen LogP contribution < -0.4 is 10.2 Å². The van der Waals surface area contributed by atoms with Crippen LogP contribution in [0.15, 0.2) is 47.7 Å². The number of carbonyl (C=O) groups excluding carboxylic acids is 2. The molecule has 1 aromatic heterocycles. The van der Waals surface area contributed by atoms with Crippen molar-refractivity contribution in [2.45, 2.75) is 13.0 Å². The van der Waals surface area contributed by atoms with E-state index in [4.69, 9.17) is 4.74 Å². The second-order valence-electron chi connectivity index (χ2n) is 7.49. The number of piperazine rings is 1. The molecule has 1 amide bonds. The minimum absolute atomic E-state index is 0.0878. The minimum Gasteiger partial charge on any atom is -0.465 e. The summed E-state index contributed by atoms with van der Waals surface area (Å²) < 4.78 is 5.10. The maximum atomic E-state index is 13.0. The Morgan fingerprint density at radius 2 is 1.79 bits per heavy atom. The molecular weight excluding hydrogens is 430 g/mol. The van der Waals surface area contributed by atoms with Gasteiger partial charge in [0, 0.05) is 50.7 Å². The molecule has 0 radical (unpaired) electrons. The molecule has 4 rings (SSSR count). The summed E-state index contributed by atoms with van der Waals surface area (Å²) in [5.74, 6) is -1.40. The molecule has 12 nitrogen and oxygen atoms in total. The summed E-state index contributed by atoms with van der Waals surface area (Å²) in [5, 5.41) is 13.7. The first-order valence-corrected chi connectivity index (χ1v) is 10.5. The molecule has 0 bridgehead atoms. The number of rotatable bonds is 5. The van der Waals surface area contributed by atoms with Gasteiger partial charge in [0.05, 0.1) is 11.5 Å². The first-order valence-electron chi connectivity index (χ1n) is 10.5. The molecule has 1 aromatic carbocycles. The Balaban J connectivity index is 1.58. The molecule has 0 aliphatic carbocycles. The molecule has 33 heavy (non-hydrogen) atoms. The number of ether oxygens (including phenoxy) is 1. The minimum atomic E-state index is -1.19. The number of non-ortho nitro benzene ring substituents is 1. The van der Waals surface area contributed by atoms with E-state index in [9.17, 15) is 19.7 Å². The fraction of sp³-hybridized carbons (Fsp3) is 0.381. The summed E-state index contributed by atoms with van der Waals surface area (Å²) in [6.07, 6.45) is 3.37. The van der Waals surface area contributed by atoms with Gasteiger partial charge in [-0.1, -0.05) is 12.1 Å². The van der Waals surface area contributed by atoms with Gasteiger partial charge in [0.15, 0.2) is 5.92 Å². The molecule has 1 N–H and O–H groups in total. The number of benzene rings is 1. The number of nitrogens with zero attached hydrogens (tertiary/aromatic N) is 6. The highest BCUT2D eigenvalue weighted by atomic mass is 16.6. The van der Waals surface area contributed by atoms with E-state index >= 15 is 0 Å². The molecule has 1 saturated heterocycles. The Bertz CT molecular complexity index is 1050. The molecule has 0 unspecified atom stereocenters. The van der Waals surface area contributed by atoms with Gasteiger partial charge in [-0.25, -0.2) is 15.0 Å². The smallest absolute Gasteiger partial charge is 0.321 e. The molecule has 172 valence electrons. The zero-order valence-electron chi connectivity index (χ0n) is 18.0. The average Bonchev–Trinajstić information content (AvgIpc) is 2.84. The molecule has 2 aliphatic heterocycles. The molecule has 2 aliphatic rings. The number of carbonyl (C=O) groups is 2. The summed E-state index contributed by atoms with van der Waals surface area (Å²) in [5.41, 5.74) is 0.428. The average molecular weight is 453 g/mol. The van der Waals surface area contributed by atoms with Crippen LogP contribution in [-0.4, -0.2) is 70.4 Å². The van der Waals surface area contributed by atoms with Crippen molar-refractivity contribution >= 4 is 29.5 Å². The van der Waals surface area contributed by atoms with E-state index in [1.165, 1.54) is 24.3 Å². The second-order valence-corrected chi connectivity index (χ2v) is 7.49. The van der Waals surface area contributed by atoms with Gasteiger partial charge in [0.2, 0.25) is 17.8 Å². The molecule has 0 spiro atoms. The van der Waals surface area contributed by atoms with Crippen molar-refractivity contribution < 1.29 is 19.2 Å². The van der Waals surface area contributed by atoms with Gasteiger partial charge in [-0.05, 0) is 18.6 Å². The lowest BCUT2D eigenvalue weighted by molar-refractivity contribution is -0.384. The van der Waals surface area contributed by atoms with E-state index in [2.05, 4.69) is 20.3 Å². The summed E-state index contributed by atoms with van der Waals surface area (Å²) >= 11 is 0.